The van der Waals surface area contributed by atoms with Crippen LogP contribution in [0.5, 0.6) is 5.88 Å². The summed E-state index contributed by atoms with van der Waals surface area (Å²) in [6.45, 7) is 4.14. The van der Waals surface area contributed by atoms with Crippen molar-refractivity contribution < 1.29 is 4.74 Å². The first-order valence-corrected chi connectivity index (χ1v) is 7.52. The number of fused-ring (bicyclic) bond motifs is 1. The lowest BCUT2D eigenvalue weighted by Gasteiger charge is -2.14. The fourth-order valence-corrected chi connectivity index (χ4v) is 2.82. The first-order valence-electron chi connectivity index (χ1n) is 6.73. The van der Waals surface area contributed by atoms with Gasteiger partial charge in [-0.15, -0.1) is 0 Å². The summed E-state index contributed by atoms with van der Waals surface area (Å²) in [4.78, 5) is 6.96. The number of hydrogen-bond acceptors (Lipinski definition) is 3. The molecule has 2 aromatic rings. The Morgan fingerprint density at radius 1 is 1.16 bits per heavy atom. The van der Waals surface area contributed by atoms with E-state index in [9.17, 15) is 0 Å². The minimum absolute atomic E-state index is 0.717. The minimum Gasteiger partial charge on any atom is -0.476 e. The fourth-order valence-electron chi connectivity index (χ4n) is 2.44. The van der Waals surface area contributed by atoms with E-state index in [1.807, 2.05) is 18.2 Å². The van der Waals surface area contributed by atoms with Crippen molar-refractivity contribution in [2.75, 3.05) is 26.2 Å². The summed E-state index contributed by atoms with van der Waals surface area (Å²) >= 11 is 3.47. The molecule has 0 N–H and O–H groups in total. The van der Waals surface area contributed by atoms with Gasteiger partial charge in [0.2, 0.25) is 5.88 Å². The zero-order chi connectivity index (χ0) is 13.1. The number of likely N-dealkylation sites (tertiary alicyclic amines) is 1. The quantitative estimate of drug-likeness (QED) is 0.862. The van der Waals surface area contributed by atoms with Crippen molar-refractivity contribution in [3.8, 4) is 5.88 Å². The van der Waals surface area contributed by atoms with Gasteiger partial charge in [0.1, 0.15) is 6.61 Å². The Hall–Kier alpha value is -1.13. The molecule has 3 rings (SSSR count). The SMILES string of the molecule is Brc1ccc2nc(OCCN3CCCC3)ccc2c1. The van der Waals surface area contributed by atoms with Crippen molar-refractivity contribution in [2.24, 2.45) is 0 Å². The number of halogens is 1. The summed E-state index contributed by atoms with van der Waals surface area (Å²) in [7, 11) is 0. The number of aromatic nitrogens is 1. The van der Waals surface area contributed by atoms with E-state index in [1.165, 1.54) is 25.9 Å². The number of nitrogens with zero attached hydrogens (tertiary/aromatic N) is 2. The van der Waals surface area contributed by atoms with Crippen molar-refractivity contribution in [1.82, 2.24) is 9.88 Å². The summed E-state index contributed by atoms with van der Waals surface area (Å²) in [5.41, 5.74) is 0.974. The maximum atomic E-state index is 5.74. The number of rotatable bonds is 4. The van der Waals surface area contributed by atoms with Crippen molar-refractivity contribution in [3.05, 3.63) is 34.8 Å². The maximum Gasteiger partial charge on any atom is 0.213 e. The highest BCUT2D eigenvalue weighted by atomic mass is 79.9. The largest absolute Gasteiger partial charge is 0.476 e. The maximum absolute atomic E-state index is 5.74. The van der Waals surface area contributed by atoms with Crippen molar-refractivity contribution in [1.29, 1.82) is 0 Å². The third kappa shape index (κ3) is 3.25. The van der Waals surface area contributed by atoms with Gasteiger partial charge in [-0.25, -0.2) is 4.98 Å². The minimum atomic E-state index is 0.717. The number of pyridine rings is 1. The van der Waals surface area contributed by atoms with Gasteiger partial charge in [0, 0.05) is 22.5 Å². The highest BCUT2D eigenvalue weighted by molar-refractivity contribution is 9.10. The van der Waals surface area contributed by atoms with E-state index < -0.39 is 0 Å². The molecule has 1 aliphatic rings. The van der Waals surface area contributed by atoms with Crippen LogP contribution in [0.25, 0.3) is 10.9 Å². The van der Waals surface area contributed by atoms with Crippen molar-refractivity contribution >= 4 is 26.8 Å². The summed E-state index contributed by atoms with van der Waals surface area (Å²) in [6.07, 6.45) is 2.65. The lowest BCUT2D eigenvalue weighted by Crippen LogP contribution is -2.25. The first kappa shape index (κ1) is 12.9. The lowest BCUT2D eigenvalue weighted by atomic mass is 10.2. The van der Waals surface area contributed by atoms with Crippen LogP contribution < -0.4 is 4.74 Å². The van der Waals surface area contributed by atoms with Gasteiger partial charge in [-0.1, -0.05) is 15.9 Å². The Balaban J connectivity index is 1.62. The standard InChI is InChI=1S/C15H17BrN2O/c16-13-4-5-14-12(11-13)3-6-15(17-14)19-10-9-18-7-1-2-8-18/h3-6,11H,1-2,7-10H2. The summed E-state index contributed by atoms with van der Waals surface area (Å²) in [5, 5.41) is 1.13. The molecule has 3 nitrogen and oxygen atoms in total. The average molecular weight is 321 g/mol. The van der Waals surface area contributed by atoms with E-state index >= 15 is 0 Å². The molecule has 0 aliphatic carbocycles. The van der Waals surface area contributed by atoms with Crippen LogP contribution in [-0.2, 0) is 0 Å². The predicted octanol–water partition coefficient (Wildman–Crippen LogP) is 3.47. The third-order valence-corrected chi connectivity index (χ3v) is 3.98. The predicted molar refractivity (Wildman–Crippen MR) is 80.6 cm³/mol. The van der Waals surface area contributed by atoms with Crippen LogP contribution in [0.2, 0.25) is 0 Å². The second kappa shape index (κ2) is 5.88. The highest BCUT2D eigenvalue weighted by Crippen LogP contribution is 2.20. The van der Waals surface area contributed by atoms with Crippen LogP contribution in [-0.4, -0.2) is 36.1 Å². The van der Waals surface area contributed by atoms with E-state index in [1.54, 1.807) is 0 Å². The fraction of sp³-hybridized carbons (Fsp3) is 0.400. The van der Waals surface area contributed by atoms with E-state index in [0.29, 0.717) is 5.88 Å². The molecule has 19 heavy (non-hydrogen) atoms. The molecule has 1 fully saturated rings. The normalized spacial score (nSPS) is 16.1. The Labute approximate surface area is 121 Å². The molecular formula is C15H17BrN2O. The van der Waals surface area contributed by atoms with Crippen molar-refractivity contribution in [2.45, 2.75) is 12.8 Å². The Morgan fingerprint density at radius 2 is 2.00 bits per heavy atom. The second-order valence-electron chi connectivity index (χ2n) is 4.88. The number of hydrogen-bond donors (Lipinski definition) is 0. The van der Waals surface area contributed by atoms with Crippen LogP contribution >= 0.6 is 15.9 Å². The van der Waals surface area contributed by atoms with Crippen LogP contribution in [0.4, 0.5) is 0 Å². The van der Waals surface area contributed by atoms with Gasteiger partial charge >= 0.3 is 0 Å². The molecule has 0 bridgehead atoms. The molecule has 1 aromatic heterocycles. The van der Waals surface area contributed by atoms with Crippen LogP contribution in [0, 0.1) is 0 Å². The van der Waals surface area contributed by atoms with Gasteiger partial charge in [-0.2, -0.15) is 0 Å². The van der Waals surface area contributed by atoms with Crippen LogP contribution in [0.3, 0.4) is 0 Å². The topological polar surface area (TPSA) is 25.4 Å². The molecule has 1 aliphatic heterocycles. The zero-order valence-corrected chi connectivity index (χ0v) is 12.4. The summed E-state index contributed by atoms with van der Waals surface area (Å²) in [6, 6.07) is 10.1. The Kier molecular flexibility index (Phi) is 3.99. The van der Waals surface area contributed by atoms with Gasteiger partial charge < -0.3 is 4.74 Å². The van der Waals surface area contributed by atoms with E-state index in [0.717, 1.165) is 28.5 Å². The van der Waals surface area contributed by atoms with Gasteiger partial charge in [0.25, 0.3) is 0 Å². The molecule has 4 heteroatoms. The van der Waals surface area contributed by atoms with E-state index in [-0.39, 0.29) is 0 Å². The molecule has 0 amide bonds. The first-order chi connectivity index (χ1) is 9.31. The molecular weight excluding hydrogens is 304 g/mol. The molecule has 0 spiro atoms. The number of ether oxygens (including phenoxy) is 1. The molecule has 2 heterocycles. The van der Waals surface area contributed by atoms with Crippen LogP contribution in [0.15, 0.2) is 34.8 Å². The van der Waals surface area contributed by atoms with Gasteiger partial charge in [-0.05, 0) is 50.2 Å². The number of benzene rings is 1. The lowest BCUT2D eigenvalue weighted by molar-refractivity contribution is 0.232. The van der Waals surface area contributed by atoms with E-state index in [4.69, 9.17) is 4.74 Å². The molecule has 0 atom stereocenters. The monoisotopic (exact) mass is 320 g/mol. The summed E-state index contributed by atoms with van der Waals surface area (Å²) in [5.74, 6) is 0.717. The third-order valence-electron chi connectivity index (χ3n) is 3.48. The molecule has 0 unspecified atom stereocenters. The Bertz CT molecular complexity index is 567. The second-order valence-corrected chi connectivity index (χ2v) is 5.80. The van der Waals surface area contributed by atoms with Crippen molar-refractivity contribution in [3.63, 3.8) is 0 Å². The molecule has 1 aromatic carbocycles. The van der Waals surface area contributed by atoms with Gasteiger partial charge in [0.15, 0.2) is 0 Å². The highest BCUT2D eigenvalue weighted by Gasteiger charge is 2.10. The van der Waals surface area contributed by atoms with Gasteiger partial charge in [-0.3, -0.25) is 4.90 Å². The van der Waals surface area contributed by atoms with Gasteiger partial charge in [0.05, 0.1) is 5.52 Å². The van der Waals surface area contributed by atoms with Crippen LogP contribution in [0.1, 0.15) is 12.8 Å². The molecule has 0 radical (unpaired) electrons. The molecule has 1 saturated heterocycles. The molecule has 100 valence electrons. The Morgan fingerprint density at radius 3 is 2.84 bits per heavy atom. The smallest absolute Gasteiger partial charge is 0.213 e. The van der Waals surface area contributed by atoms with E-state index in [2.05, 4.69) is 37.9 Å². The average Bonchev–Trinajstić information content (AvgIpc) is 2.92. The summed E-state index contributed by atoms with van der Waals surface area (Å²) < 4.78 is 6.82. The zero-order valence-electron chi connectivity index (χ0n) is 10.8. The molecule has 0 saturated carbocycles.